The molecular formula is C36H32N10O18S6. The molecule has 28 nitrogen and oxygen atoms in total. The van der Waals surface area contributed by atoms with Gasteiger partial charge in [0.2, 0.25) is 0 Å². The van der Waals surface area contributed by atoms with E-state index in [1.54, 1.807) is 12.1 Å². The molecule has 0 bridgehead atoms. The standard InChI is InChI=1S/C36H32N10O18S6/c37-19-1-11-27(26(38)15-19)42-40-20-2-4-22(5-3-20)46-68(52,53)23-8-6-21(7-9-23)41-44-29-18-31(69(54,55)56)25-17-30(65-63-61-48)35(36(47)33(25)34(29)39)45-43-28-12-10-24(16-32(28)70(57,58)59)67(50,51)14-13-60-66-64-62-49/h1-12,15-18,46-49H,13-14,37-39H2,(H,54,55,56)(H,57,58,59). The number of nitrogens with one attached hydrogen (secondary N) is 1. The zero-order valence-electron chi connectivity index (χ0n) is 34.6. The highest BCUT2D eigenvalue weighted by molar-refractivity contribution is 7.94. The molecule has 0 aliphatic carbocycles. The van der Waals surface area contributed by atoms with Gasteiger partial charge in [0.1, 0.15) is 32.5 Å². The maximum Gasteiger partial charge on any atom is 0.296 e. The van der Waals surface area contributed by atoms with E-state index in [9.17, 15) is 47.9 Å². The van der Waals surface area contributed by atoms with Crippen LogP contribution in [0.1, 0.15) is 0 Å². The van der Waals surface area contributed by atoms with E-state index in [-0.39, 0.29) is 40.6 Å². The number of benzene rings is 6. The first-order chi connectivity index (χ1) is 33.0. The number of hydrogen-bond acceptors (Lipinski definition) is 27. The third-order valence-corrected chi connectivity index (χ3v) is 14.8. The number of rotatable bonds is 21. The number of nitrogens with two attached hydrogens (primary N) is 3. The molecular weight excluding hydrogens is 1050 g/mol. The summed E-state index contributed by atoms with van der Waals surface area (Å²) in [6.07, 6.45) is 0. The summed E-state index contributed by atoms with van der Waals surface area (Å²) in [7, 11) is -19.0. The number of sulfonamides is 1. The highest BCUT2D eigenvalue weighted by atomic mass is 32.2. The van der Waals surface area contributed by atoms with E-state index in [1.165, 1.54) is 54.6 Å². The van der Waals surface area contributed by atoms with Crippen molar-refractivity contribution in [3.63, 3.8) is 0 Å². The second-order valence-electron chi connectivity index (χ2n) is 13.5. The summed E-state index contributed by atoms with van der Waals surface area (Å²) in [5.74, 6) is -1.80. The van der Waals surface area contributed by atoms with E-state index in [0.29, 0.717) is 28.8 Å². The number of aromatic hydroxyl groups is 1. The first-order valence-corrected chi connectivity index (χ1v) is 25.9. The van der Waals surface area contributed by atoms with Crippen LogP contribution in [0.5, 0.6) is 5.75 Å². The molecule has 12 N–H and O–H groups in total. The van der Waals surface area contributed by atoms with Crippen molar-refractivity contribution >= 4 is 132 Å². The van der Waals surface area contributed by atoms with Crippen LogP contribution in [0.25, 0.3) is 10.8 Å². The molecule has 0 saturated carbocycles. The van der Waals surface area contributed by atoms with Gasteiger partial charge in [0.05, 0.1) is 67.2 Å². The molecule has 0 radical (unpaired) electrons. The lowest BCUT2D eigenvalue weighted by molar-refractivity contribution is -0.434. The third kappa shape index (κ3) is 13.0. The van der Waals surface area contributed by atoms with Crippen LogP contribution in [0.4, 0.5) is 56.9 Å². The average molecular weight is 1090 g/mol. The van der Waals surface area contributed by atoms with Crippen LogP contribution in [0.15, 0.2) is 152 Å². The molecule has 0 heterocycles. The Hall–Kier alpha value is -6.48. The summed E-state index contributed by atoms with van der Waals surface area (Å²) in [6.45, 7) is -0.553. The van der Waals surface area contributed by atoms with E-state index >= 15 is 0 Å². The third-order valence-electron chi connectivity index (χ3n) is 8.98. The van der Waals surface area contributed by atoms with Gasteiger partial charge in [-0.25, -0.2) is 27.4 Å². The number of fused-ring (bicyclic) bond motifs is 1. The Morgan fingerprint density at radius 1 is 0.614 bits per heavy atom. The lowest BCUT2D eigenvalue weighted by atomic mass is 10.0. The van der Waals surface area contributed by atoms with Gasteiger partial charge in [0, 0.05) is 16.8 Å². The summed E-state index contributed by atoms with van der Waals surface area (Å²) < 4.78 is 138. The van der Waals surface area contributed by atoms with Crippen LogP contribution >= 0.6 is 24.4 Å². The molecule has 0 fully saturated rings. The summed E-state index contributed by atoms with van der Waals surface area (Å²) in [5.41, 5.74) is 17.2. The SMILES string of the molecule is Nc1ccc(N=Nc2ccc(NS(=O)(=O)c3ccc(N=Nc4cc(S(=O)(=O)O)c5cc(SOOO)c(N=Nc6ccc(S(=O)(=O)CCOSOOO)cc6S(=O)(=O)O)c(O)c5c4N)cc3)cc2)c(N)c1. The van der Waals surface area contributed by atoms with E-state index in [2.05, 4.69) is 54.2 Å². The molecule has 0 spiro atoms. The topological polar surface area (TPSA) is 448 Å². The smallest absolute Gasteiger partial charge is 0.296 e. The van der Waals surface area contributed by atoms with Gasteiger partial charge in [0.25, 0.3) is 30.3 Å². The van der Waals surface area contributed by atoms with Crippen molar-refractivity contribution in [1.29, 1.82) is 0 Å². The van der Waals surface area contributed by atoms with Gasteiger partial charge in [-0.05, 0) is 97.1 Å². The normalized spacial score (nSPS) is 12.7. The van der Waals surface area contributed by atoms with Crippen molar-refractivity contribution in [2.45, 2.75) is 24.5 Å². The second-order valence-corrected chi connectivity index (χ2v) is 21.3. The minimum absolute atomic E-state index is 0.00142. The van der Waals surface area contributed by atoms with Crippen molar-refractivity contribution in [3.8, 4) is 5.75 Å². The zero-order valence-corrected chi connectivity index (χ0v) is 39.5. The van der Waals surface area contributed by atoms with Gasteiger partial charge < -0.3 is 22.3 Å². The molecule has 0 saturated heterocycles. The summed E-state index contributed by atoms with van der Waals surface area (Å²) in [5, 5.41) is 58.0. The molecule has 370 valence electrons. The van der Waals surface area contributed by atoms with E-state index in [4.69, 9.17) is 31.9 Å². The van der Waals surface area contributed by atoms with Crippen molar-refractivity contribution < 1.29 is 81.3 Å². The fourth-order valence-electron chi connectivity index (χ4n) is 5.82. The number of hydrogen-bond donors (Lipinski definition) is 9. The number of phenolic OH excluding ortho intramolecular Hbond substituents is 1. The van der Waals surface area contributed by atoms with Gasteiger partial charge in [-0.3, -0.25) is 18.0 Å². The maximum absolute atomic E-state index is 13.2. The van der Waals surface area contributed by atoms with Crippen LogP contribution in [0.2, 0.25) is 0 Å². The van der Waals surface area contributed by atoms with Crippen LogP contribution in [0.3, 0.4) is 0 Å². The Morgan fingerprint density at radius 2 is 1.20 bits per heavy atom. The highest BCUT2D eigenvalue weighted by Gasteiger charge is 2.27. The van der Waals surface area contributed by atoms with E-state index in [1.807, 2.05) is 0 Å². The summed E-state index contributed by atoms with van der Waals surface area (Å²) in [6, 6.07) is 19.3. The first-order valence-electron chi connectivity index (χ1n) is 18.5. The number of nitrogens with zero attached hydrogens (tertiary/aromatic N) is 6. The maximum atomic E-state index is 13.2. The molecule has 6 aromatic rings. The highest BCUT2D eigenvalue weighted by Crippen LogP contribution is 2.50. The Morgan fingerprint density at radius 3 is 1.81 bits per heavy atom. The van der Waals surface area contributed by atoms with E-state index < -0.39 is 111 Å². The molecule has 0 amide bonds. The molecule has 6 rings (SSSR count). The van der Waals surface area contributed by atoms with Crippen LogP contribution < -0.4 is 21.9 Å². The van der Waals surface area contributed by atoms with Crippen molar-refractivity contribution in [3.05, 3.63) is 97.1 Å². The number of azo groups is 3. The fourth-order valence-corrected chi connectivity index (χ4v) is 10.2. The Bertz CT molecular complexity index is 3500. The molecule has 0 aliphatic rings. The number of nitrogen functional groups attached to an aromatic ring is 3. The van der Waals surface area contributed by atoms with Crippen LogP contribution in [0, 0.1) is 0 Å². The molecule has 34 heteroatoms. The zero-order chi connectivity index (χ0) is 51.0. The predicted octanol–water partition coefficient (Wildman–Crippen LogP) is 8.04. The first kappa shape index (κ1) is 52.9. The van der Waals surface area contributed by atoms with Crippen molar-refractivity contribution in [2.24, 2.45) is 30.7 Å². The predicted molar refractivity (Wildman–Crippen MR) is 249 cm³/mol. The van der Waals surface area contributed by atoms with Crippen LogP contribution in [-0.2, 0) is 63.0 Å². The lowest BCUT2D eigenvalue weighted by Gasteiger charge is -2.14. The number of phenols is 1. The van der Waals surface area contributed by atoms with Gasteiger partial charge in [-0.1, -0.05) is 10.1 Å². The minimum atomic E-state index is -5.26. The molecule has 0 atom stereocenters. The summed E-state index contributed by atoms with van der Waals surface area (Å²) >= 11 is 0.164. The molecule has 0 aromatic heterocycles. The van der Waals surface area contributed by atoms with Gasteiger partial charge in [-0.15, -0.1) is 29.1 Å². The average Bonchev–Trinajstić information content (AvgIpc) is 3.29. The number of anilines is 4. The quantitative estimate of drug-likeness (QED) is 0.00626. The van der Waals surface area contributed by atoms with Crippen LogP contribution in [-0.4, -0.2) is 70.8 Å². The fraction of sp³-hybridized carbons (Fsp3) is 0.0556. The Labute approximate surface area is 403 Å². The van der Waals surface area contributed by atoms with Crippen molar-refractivity contribution in [1.82, 2.24) is 0 Å². The Balaban J connectivity index is 1.30. The van der Waals surface area contributed by atoms with Crippen molar-refractivity contribution in [2.75, 3.05) is 34.3 Å². The van der Waals surface area contributed by atoms with Gasteiger partial charge in [-0.2, -0.15) is 27.1 Å². The largest absolute Gasteiger partial charge is 0.505 e. The van der Waals surface area contributed by atoms with Gasteiger partial charge >= 0.3 is 0 Å². The number of sulfone groups is 1. The van der Waals surface area contributed by atoms with Gasteiger partial charge in [0.15, 0.2) is 27.9 Å². The molecule has 0 unspecified atom stereocenters. The monoisotopic (exact) mass is 1080 g/mol. The molecule has 70 heavy (non-hydrogen) atoms. The minimum Gasteiger partial charge on any atom is -0.505 e. The second kappa shape index (κ2) is 22.1. The molecule has 0 aliphatic heterocycles. The summed E-state index contributed by atoms with van der Waals surface area (Å²) in [4.78, 5) is -3.31. The Kier molecular flexibility index (Phi) is 16.7. The van der Waals surface area contributed by atoms with E-state index in [0.717, 1.165) is 24.3 Å². The molecule has 6 aromatic carbocycles. The lowest BCUT2D eigenvalue weighted by Crippen LogP contribution is -2.12.